The number of fused-ring (bicyclic) bond motifs is 1. The Morgan fingerprint density at radius 3 is 2.72 bits per heavy atom. The number of rotatable bonds is 3. The van der Waals surface area contributed by atoms with Crippen molar-refractivity contribution in [2.24, 2.45) is 0 Å². The lowest BCUT2D eigenvalue weighted by Crippen LogP contribution is -2.39. The molecule has 7 heteroatoms. The number of pyridine rings is 1. The van der Waals surface area contributed by atoms with Crippen molar-refractivity contribution in [1.82, 2.24) is 24.1 Å². The third-order valence-corrected chi connectivity index (χ3v) is 4.78. The molecule has 7 nitrogen and oxygen atoms in total. The van der Waals surface area contributed by atoms with Gasteiger partial charge in [-0.2, -0.15) is 0 Å². The van der Waals surface area contributed by atoms with Crippen LogP contribution in [0.15, 0.2) is 24.4 Å². The molecule has 0 N–H and O–H groups in total. The van der Waals surface area contributed by atoms with Crippen molar-refractivity contribution < 1.29 is 9.59 Å². The lowest BCUT2D eigenvalue weighted by molar-refractivity contribution is 0.0799. The summed E-state index contributed by atoms with van der Waals surface area (Å²) in [5, 5.41) is 0. The molecule has 3 heterocycles. The Morgan fingerprint density at radius 2 is 2.04 bits per heavy atom. The molecule has 3 rings (SSSR count). The van der Waals surface area contributed by atoms with E-state index in [2.05, 4.69) is 0 Å². The van der Waals surface area contributed by atoms with Gasteiger partial charge in [-0.1, -0.05) is 6.07 Å². The van der Waals surface area contributed by atoms with Crippen molar-refractivity contribution in [3.05, 3.63) is 35.9 Å². The molecular weight excluding hydrogens is 318 g/mol. The molecule has 0 aromatic carbocycles. The van der Waals surface area contributed by atoms with Crippen LogP contribution in [-0.2, 0) is 0 Å². The first-order valence-electron chi connectivity index (χ1n) is 8.66. The highest BCUT2D eigenvalue weighted by Gasteiger charge is 2.35. The Bertz CT molecular complexity index is 798. The number of aromatic nitrogens is 2. The topological polar surface area (TPSA) is 61.2 Å². The third-order valence-electron chi connectivity index (χ3n) is 4.78. The van der Waals surface area contributed by atoms with Crippen LogP contribution in [0.3, 0.4) is 0 Å². The second kappa shape index (κ2) is 6.74. The van der Waals surface area contributed by atoms with Gasteiger partial charge in [-0.15, -0.1) is 0 Å². The van der Waals surface area contributed by atoms with E-state index >= 15 is 0 Å². The molecule has 0 bridgehead atoms. The number of amides is 3. The first-order chi connectivity index (χ1) is 12.0. The number of likely N-dealkylation sites (tertiary alicyclic amines) is 1. The monoisotopic (exact) mass is 343 g/mol. The molecular formula is C18H25N5O2. The van der Waals surface area contributed by atoms with Crippen LogP contribution in [0.2, 0.25) is 0 Å². The fourth-order valence-electron chi connectivity index (χ4n) is 3.30. The minimum absolute atomic E-state index is 0.0197. The number of imidazole rings is 1. The second-order valence-corrected chi connectivity index (χ2v) is 6.62. The molecule has 1 atom stereocenters. The molecule has 1 fully saturated rings. The summed E-state index contributed by atoms with van der Waals surface area (Å²) in [7, 11) is 5.28. The maximum atomic E-state index is 12.7. The first kappa shape index (κ1) is 17.3. The zero-order valence-corrected chi connectivity index (χ0v) is 15.3. The van der Waals surface area contributed by atoms with E-state index in [0.29, 0.717) is 18.8 Å². The molecule has 1 aliphatic rings. The summed E-state index contributed by atoms with van der Waals surface area (Å²) in [5.41, 5.74) is 1.23. The molecule has 25 heavy (non-hydrogen) atoms. The van der Waals surface area contributed by atoms with Gasteiger partial charge in [-0.05, 0) is 31.9 Å². The molecule has 2 aromatic rings. The fraction of sp³-hybridized carbons (Fsp3) is 0.500. The van der Waals surface area contributed by atoms with E-state index < -0.39 is 0 Å². The average molecular weight is 343 g/mol. The number of hydrogen-bond donors (Lipinski definition) is 0. The number of carbonyl (C=O) groups is 2. The number of hydrogen-bond acceptors (Lipinski definition) is 3. The third kappa shape index (κ3) is 2.94. The van der Waals surface area contributed by atoms with Gasteiger partial charge in [0.15, 0.2) is 5.69 Å². The first-order valence-corrected chi connectivity index (χ1v) is 8.66. The summed E-state index contributed by atoms with van der Waals surface area (Å²) in [6.07, 6.45) is 3.70. The smallest absolute Gasteiger partial charge is 0.320 e. The number of carbonyl (C=O) groups excluding carboxylic acids is 2. The van der Waals surface area contributed by atoms with Gasteiger partial charge >= 0.3 is 6.03 Å². The van der Waals surface area contributed by atoms with Gasteiger partial charge in [0.25, 0.3) is 5.91 Å². The van der Waals surface area contributed by atoms with E-state index in [1.165, 1.54) is 0 Å². The highest BCUT2D eigenvalue weighted by Crippen LogP contribution is 2.33. The molecule has 0 aliphatic carbocycles. The predicted octanol–water partition coefficient (Wildman–Crippen LogP) is 2.24. The second-order valence-electron chi connectivity index (χ2n) is 6.62. The van der Waals surface area contributed by atoms with Crippen LogP contribution in [0.1, 0.15) is 42.1 Å². The van der Waals surface area contributed by atoms with Gasteiger partial charge in [0.1, 0.15) is 5.82 Å². The standard InChI is InChI=1S/C18H25N5O2/c1-5-21(4)17(24)15-13-9-6-7-11-22(13)16(19-15)14-10-8-12-23(14)18(25)20(2)3/h6-7,9,11,14H,5,8,10,12H2,1-4H3/t14-/m0/s1. The molecule has 0 spiro atoms. The van der Waals surface area contributed by atoms with Gasteiger partial charge in [0.2, 0.25) is 0 Å². The predicted molar refractivity (Wildman–Crippen MR) is 95.6 cm³/mol. The Labute approximate surface area is 147 Å². The summed E-state index contributed by atoms with van der Waals surface area (Å²) in [6.45, 7) is 3.27. The molecule has 0 radical (unpaired) electrons. The van der Waals surface area contributed by atoms with Crippen LogP contribution in [0, 0.1) is 0 Å². The van der Waals surface area contributed by atoms with Crippen molar-refractivity contribution in [2.45, 2.75) is 25.8 Å². The SMILES string of the molecule is CCN(C)C(=O)c1nc([C@@H]2CCCN2C(=O)N(C)C)n2ccccc12. The minimum atomic E-state index is -0.113. The molecule has 2 aromatic heterocycles. The quantitative estimate of drug-likeness (QED) is 0.859. The molecule has 0 saturated carbocycles. The molecule has 3 amide bonds. The maximum Gasteiger partial charge on any atom is 0.320 e. The minimum Gasteiger partial charge on any atom is -0.341 e. The van der Waals surface area contributed by atoms with Crippen molar-refractivity contribution in [1.29, 1.82) is 0 Å². The summed E-state index contributed by atoms with van der Waals surface area (Å²) >= 11 is 0. The normalized spacial score (nSPS) is 17.1. The highest BCUT2D eigenvalue weighted by atomic mass is 16.2. The summed E-state index contributed by atoms with van der Waals surface area (Å²) in [5.74, 6) is 0.664. The zero-order valence-electron chi connectivity index (χ0n) is 15.3. The van der Waals surface area contributed by atoms with E-state index in [1.807, 2.05) is 40.6 Å². The molecule has 134 valence electrons. The summed E-state index contributed by atoms with van der Waals surface area (Å²) in [6, 6.07) is 5.59. The lowest BCUT2D eigenvalue weighted by atomic mass is 10.2. The van der Waals surface area contributed by atoms with Crippen LogP contribution in [0.4, 0.5) is 4.79 Å². The largest absolute Gasteiger partial charge is 0.341 e. The zero-order chi connectivity index (χ0) is 18.1. The van der Waals surface area contributed by atoms with Gasteiger partial charge in [-0.25, -0.2) is 9.78 Å². The van der Waals surface area contributed by atoms with E-state index in [9.17, 15) is 9.59 Å². The van der Waals surface area contributed by atoms with Gasteiger partial charge in [-0.3, -0.25) is 4.79 Å². The van der Waals surface area contributed by atoms with Gasteiger partial charge in [0, 0.05) is 40.4 Å². The summed E-state index contributed by atoms with van der Waals surface area (Å²) < 4.78 is 1.95. The maximum absolute atomic E-state index is 12.7. The van der Waals surface area contributed by atoms with Crippen LogP contribution in [0.25, 0.3) is 5.52 Å². The Hall–Kier alpha value is -2.57. The van der Waals surface area contributed by atoms with Gasteiger partial charge < -0.3 is 19.1 Å². The lowest BCUT2D eigenvalue weighted by Gasteiger charge is -2.27. The molecule has 0 unspecified atom stereocenters. The average Bonchev–Trinajstić information content (AvgIpc) is 3.23. The van der Waals surface area contributed by atoms with Crippen LogP contribution >= 0.6 is 0 Å². The Kier molecular flexibility index (Phi) is 4.65. The highest BCUT2D eigenvalue weighted by molar-refractivity contribution is 5.99. The van der Waals surface area contributed by atoms with Crippen LogP contribution in [-0.4, -0.2) is 70.3 Å². The van der Waals surface area contributed by atoms with Crippen molar-refractivity contribution >= 4 is 17.5 Å². The van der Waals surface area contributed by atoms with Crippen molar-refractivity contribution in [3.8, 4) is 0 Å². The van der Waals surface area contributed by atoms with Crippen LogP contribution in [0.5, 0.6) is 0 Å². The van der Waals surface area contributed by atoms with Gasteiger partial charge in [0.05, 0.1) is 11.6 Å². The van der Waals surface area contributed by atoms with E-state index in [1.54, 1.807) is 30.9 Å². The van der Waals surface area contributed by atoms with Crippen LogP contribution < -0.4 is 0 Å². The Morgan fingerprint density at radius 1 is 1.28 bits per heavy atom. The molecule has 1 aliphatic heterocycles. The van der Waals surface area contributed by atoms with E-state index in [4.69, 9.17) is 4.98 Å². The number of nitrogens with zero attached hydrogens (tertiary/aromatic N) is 5. The summed E-state index contributed by atoms with van der Waals surface area (Å²) in [4.78, 5) is 35.0. The Balaban J connectivity index is 2.08. The van der Waals surface area contributed by atoms with E-state index in [-0.39, 0.29) is 18.0 Å². The van der Waals surface area contributed by atoms with Crippen molar-refractivity contribution in [3.63, 3.8) is 0 Å². The van der Waals surface area contributed by atoms with Crippen molar-refractivity contribution in [2.75, 3.05) is 34.2 Å². The molecule has 1 saturated heterocycles. The number of urea groups is 1. The van der Waals surface area contributed by atoms with E-state index in [0.717, 1.165) is 24.2 Å². The fourth-order valence-corrected chi connectivity index (χ4v) is 3.30.